The third-order valence-electron chi connectivity index (χ3n) is 3.45. The fourth-order valence-corrected chi connectivity index (χ4v) is 2.46. The van der Waals surface area contributed by atoms with Crippen LogP contribution in [0.3, 0.4) is 0 Å². The van der Waals surface area contributed by atoms with Crippen LogP contribution in [0, 0.1) is 5.41 Å². The minimum Gasteiger partial charge on any atom is -0.381 e. The van der Waals surface area contributed by atoms with Crippen molar-refractivity contribution in [3.63, 3.8) is 0 Å². The lowest BCUT2D eigenvalue weighted by molar-refractivity contribution is -0.121. The molecule has 0 aromatic heterocycles. The molecule has 2 aliphatic rings. The van der Waals surface area contributed by atoms with E-state index >= 15 is 0 Å². The van der Waals surface area contributed by atoms with Crippen LogP contribution in [0.15, 0.2) is 11.6 Å². The summed E-state index contributed by atoms with van der Waals surface area (Å²) in [6, 6.07) is 0. The first kappa shape index (κ1) is 9.91. The van der Waals surface area contributed by atoms with Crippen molar-refractivity contribution in [1.82, 2.24) is 0 Å². The quantitative estimate of drug-likeness (QED) is 0.509. The Morgan fingerprint density at radius 1 is 1.43 bits per heavy atom. The maximum Gasteiger partial charge on any atom is 0.126 e. The first-order valence-electron chi connectivity index (χ1n) is 5.57. The van der Waals surface area contributed by atoms with E-state index in [0.29, 0.717) is 0 Å². The Balaban J connectivity index is 1.99. The van der Waals surface area contributed by atoms with Crippen LogP contribution in [0.2, 0.25) is 0 Å². The Morgan fingerprint density at radius 2 is 2.21 bits per heavy atom. The van der Waals surface area contributed by atoms with Gasteiger partial charge in [0.2, 0.25) is 0 Å². The van der Waals surface area contributed by atoms with Gasteiger partial charge in [-0.1, -0.05) is 11.6 Å². The van der Waals surface area contributed by atoms with Crippen LogP contribution in [0.25, 0.3) is 0 Å². The summed E-state index contributed by atoms with van der Waals surface area (Å²) in [4.78, 5) is 11.2. The Labute approximate surface area is 85.3 Å². The smallest absolute Gasteiger partial charge is 0.126 e. The minimum atomic E-state index is -0.0889. The van der Waals surface area contributed by atoms with E-state index in [1.54, 1.807) is 0 Å². The Kier molecular flexibility index (Phi) is 3.02. The van der Waals surface area contributed by atoms with Crippen molar-refractivity contribution in [1.29, 1.82) is 0 Å². The number of ether oxygens (including phenoxy) is 1. The predicted octanol–water partition coefficient (Wildman–Crippen LogP) is 2.48. The number of aldehydes is 1. The largest absolute Gasteiger partial charge is 0.381 e. The summed E-state index contributed by atoms with van der Waals surface area (Å²) in [7, 11) is 0. The maximum atomic E-state index is 11.2. The molecule has 2 heteroatoms. The summed E-state index contributed by atoms with van der Waals surface area (Å²) >= 11 is 0. The van der Waals surface area contributed by atoms with Crippen LogP contribution in [-0.4, -0.2) is 19.5 Å². The van der Waals surface area contributed by atoms with Gasteiger partial charge in [0.15, 0.2) is 0 Å². The van der Waals surface area contributed by atoms with Crippen molar-refractivity contribution in [2.45, 2.75) is 38.5 Å². The summed E-state index contributed by atoms with van der Waals surface area (Å²) in [5.74, 6) is 0. The molecule has 78 valence electrons. The van der Waals surface area contributed by atoms with Gasteiger partial charge in [-0.15, -0.1) is 0 Å². The molecule has 0 saturated carbocycles. The number of allylic oxidation sites excluding steroid dienone is 2. The lowest BCUT2D eigenvalue weighted by atomic mass is 9.76. The van der Waals surface area contributed by atoms with Crippen LogP contribution in [0.5, 0.6) is 0 Å². The predicted molar refractivity (Wildman–Crippen MR) is 55.1 cm³/mol. The molecule has 2 rings (SSSR count). The first-order valence-corrected chi connectivity index (χ1v) is 5.57. The molecule has 0 bridgehead atoms. The molecule has 0 aromatic rings. The second kappa shape index (κ2) is 4.26. The topological polar surface area (TPSA) is 26.3 Å². The van der Waals surface area contributed by atoms with Gasteiger partial charge in [-0.05, 0) is 38.5 Å². The fraction of sp³-hybridized carbons (Fsp3) is 0.750. The summed E-state index contributed by atoms with van der Waals surface area (Å²) in [5.41, 5.74) is 1.41. The zero-order valence-corrected chi connectivity index (χ0v) is 8.63. The molecule has 1 aliphatic heterocycles. The molecule has 0 N–H and O–H groups in total. The number of hydrogen-bond acceptors (Lipinski definition) is 2. The minimum absolute atomic E-state index is 0.0889. The molecule has 1 fully saturated rings. The van der Waals surface area contributed by atoms with Gasteiger partial charge in [0.25, 0.3) is 0 Å². The number of carbonyl (C=O) groups excluding carboxylic acids is 1. The highest BCUT2D eigenvalue weighted by Gasteiger charge is 2.33. The number of carbonyl (C=O) groups is 1. The van der Waals surface area contributed by atoms with Crippen LogP contribution >= 0.6 is 0 Å². The van der Waals surface area contributed by atoms with E-state index in [9.17, 15) is 4.79 Å². The van der Waals surface area contributed by atoms with Gasteiger partial charge < -0.3 is 9.53 Å². The van der Waals surface area contributed by atoms with Gasteiger partial charge in [-0.3, -0.25) is 0 Å². The Bertz CT molecular complexity index is 237. The van der Waals surface area contributed by atoms with Gasteiger partial charge in [0.1, 0.15) is 6.29 Å². The Hall–Kier alpha value is -0.630. The van der Waals surface area contributed by atoms with Gasteiger partial charge in [-0.25, -0.2) is 0 Å². The number of rotatable bonds is 3. The average Bonchev–Trinajstić information content (AvgIpc) is 2.72. The summed E-state index contributed by atoms with van der Waals surface area (Å²) in [5, 5.41) is 0. The molecular formula is C12H18O2. The van der Waals surface area contributed by atoms with Crippen molar-refractivity contribution in [3.8, 4) is 0 Å². The average molecular weight is 194 g/mol. The van der Waals surface area contributed by atoms with E-state index in [-0.39, 0.29) is 5.41 Å². The van der Waals surface area contributed by atoms with E-state index in [4.69, 9.17) is 4.74 Å². The van der Waals surface area contributed by atoms with Crippen LogP contribution < -0.4 is 0 Å². The first-order chi connectivity index (χ1) is 6.85. The summed E-state index contributed by atoms with van der Waals surface area (Å²) < 4.78 is 5.31. The molecule has 1 saturated heterocycles. The molecule has 0 unspecified atom stereocenters. The number of hydrogen-bond donors (Lipinski definition) is 0. The van der Waals surface area contributed by atoms with Gasteiger partial charge in [0, 0.05) is 18.6 Å². The van der Waals surface area contributed by atoms with E-state index in [2.05, 4.69) is 6.08 Å². The molecule has 0 radical (unpaired) electrons. The molecule has 1 heterocycles. The molecule has 0 amide bonds. The van der Waals surface area contributed by atoms with Crippen molar-refractivity contribution < 1.29 is 9.53 Å². The zero-order chi connectivity index (χ0) is 9.86. The summed E-state index contributed by atoms with van der Waals surface area (Å²) in [6.07, 6.45) is 9.99. The second-order valence-electron chi connectivity index (χ2n) is 4.52. The molecule has 2 nitrogen and oxygen atoms in total. The molecule has 14 heavy (non-hydrogen) atoms. The van der Waals surface area contributed by atoms with Crippen LogP contribution in [0.4, 0.5) is 0 Å². The van der Waals surface area contributed by atoms with E-state index in [1.165, 1.54) is 31.1 Å². The van der Waals surface area contributed by atoms with Crippen molar-refractivity contribution in [2.24, 2.45) is 5.41 Å². The molecule has 0 atom stereocenters. The van der Waals surface area contributed by atoms with Gasteiger partial charge >= 0.3 is 0 Å². The normalized spacial score (nSPS) is 25.9. The molecule has 0 spiro atoms. The van der Waals surface area contributed by atoms with Gasteiger partial charge in [0.05, 0.1) is 0 Å². The molecular weight excluding hydrogens is 176 g/mol. The highest BCUT2D eigenvalue weighted by atomic mass is 16.5. The van der Waals surface area contributed by atoms with Crippen LogP contribution in [-0.2, 0) is 9.53 Å². The lowest BCUT2D eigenvalue weighted by Gasteiger charge is -2.32. The van der Waals surface area contributed by atoms with Crippen molar-refractivity contribution >= 4 is 6.29 Å². The molecule has 1 aliphatic carbocycles. The van der Waals surface area contributed by atoms with Crippen molar-refractivity contribution in [2.75, 3.05) is 13.2 Å². The summed E-state index contributed by atoms with van der Waals surface area (Å²) in [6.45, 7) is 1.51. The van der Waals surface area contributed by atoms with Gasteiger partial charge in [-0.2, -0.15) is 0 Å². The zero-order valence-electron chi connectivity index (χ0n) is 8.63. The second-order valence-corrected chi connectivity index (χ2v) is 4.52. The molecule has 0 aromatic carbocycles. The Morgan fingerprint density at radius 3 is 2.79 bits per heavy atom. The monoisotopic (exact) mass is 194 g/mol. The fourth-order valence-electron chi connectivity index (χ4n) is 2.46. The van der Waals surface area contributed by atoms with E-state index in [1.807, 2.05) is 0 Å². The maximum absolute atomic E-state index is 11.2. The highest BCUT2D eigenvalue weighted by molar-refractivity contribution is 5.60. The van der Waals surface area contributed by atoms with Crippen LogP contribution in [0.1, 0.15) is 38.5 Å². The van der Waals surface area contributed by atoms with E-state index in [0.717, 1.165) is 32.5 Å². The SMILES string of the molecule is O=CC1(CC2=CCCC2)CCOCC1. The third kappa shape index (κ3) is 2.06. The third-order valence-corrected chi connectivity index (χ3v) is 3.45. The van der Waals surface area contributed by atoms with E-state index < -0.39 is 0 Å². The van der Waals surface area contributed by atoms with Crippen molar-refractivity contribution in [3.05, 3.63) is 11.6 Å². The highest BCUT2D eigenvalue weighted by Crippen LogP contribution is 2.37. The lowest BCUT2D eigenvalue weighted by Crippen LogP contribution is -2.31. The standard InChI is InChI=1S/C12H18O2/c13-10-12(5-7-14-8-6-12)9-11-3-1-2-4-11/h3,10H,1-2,4-9H2.